The highest BCUT2D eigenvalue weighted by Crippen LogP contribution is 2.17. The first-order valence-electron chi connectivity index (χ1n) is 28.3. The predicted molar refractivity (Wildman–Crippen MR) is 275 cm³/mol. The van der Waals surface area contributed by atoms with E-state index in [1.165, 1.54) is 205 Å². The molecule has 0 spiro atoms. The molecule has 1 atom stereocenters. The number of unbranched alkanes of at least 4 members (excludes halogenated alkanes) is 37. The molecule has 0 unspecified atom stereocenters. The minimum Gasteiger partial charge on any atom is -0.462 e. The molecular weight excluding hydrogens is 793 g/mol. The molecule has 0 radical (unpaired) electrons. The van der Waals surface area contributed by atoms with E-state index in [4.69, 9.17) is 14.2 Å². The Kier molecular flexibility index (Phi) is 51.7. The Labute approximate surface area is 398 Å². The molecule has 376 valence electrons. The summed E-state index contributed by atoms with van der Waals surface area (Å²) in [6, 6.07) is 0. The van der Waals surface area contributed by atoms with Crippen LogP contribution in [0.3, 0.4) is 0 Å². The monoisotopic (exact) mass is 901 g/mol. The third-order valence-electron chi connectivity index (χ3n) is 12.7. The molecule has 0 aliphatic rings. The number of ether oxygens (including phenoxy) is 3. The number of allylic oxidation sites excluding steroid dienone is 4. The van der Waals surface area contributed by atoms with Crippen molar-refractivity contribution in [3.05, 3.63) is 24.3 Å². The average Bonchev–Trinajstić information content (AvgIpc) is 3.29. The van der Waals surface area contributed by atoms with Gasteiger partial charge in [0.1, 0.15) is 13.2 Å². The first kappa shape index (κ1) is 61.9. The molecule has 0 aliphatic carbocycles. The molecule has 0 heterocycles. The van der Waals surface area contributed by atoms with Gasteiger partial charge in [-0.3, -0.25) is 14.4 Å². The predicted octanol–water partition coefficient (Wildman–Crippen LogP) is 18.7. The summed E-state index contributed by atoms with van der Waals surface area (Å²) in [5.74, 6) is -0.852. The van der Waals surface area contributed by atoms with Gasteiger partial charge in [0, 0.05) is 19.3 Å². The normalized spacial score (nSPS) is 12.1. The zero-order chi connectivity index (χ0) is 46.5. The van der Waals surface area contributed by atoms with E-state index in [0.717, 1.165) is 64.2 Å². The molecule has 0 rings (SSSR count). The fourth-order valence-corrected chi connectivity index (χ4v) is 8.42. The van der Waals surface area contributed by atoms with Crippen molar-refractivity contribution in [2.24, 2.45) is 0 Å². The lowest BCUT2D eigenvalue weighted by Gasteiger charge is -2.18. The molecular formula is C58H108O6. The van der Waals surface area contributed by atoms with Gasteiger partial charge in [0.05, 0.1) is 0 Å². The van der Waals surface area contributed by atoms with Gasteiger partial charge in [-0.15, -0.1) is 0 Å². The van der Waals surface area contributed by atoms with Gasteiger partial charge in [0.15, 0.2) is 6.10 Å². The Bertz CT molecular complexity index is 1040. The number of carbonyl (C=O) groups is 3. The molecule has 0 fully saturated rings. The van der Waals surface area contributed by atoms with E-state index in [9.17, 15) is 14.4 Å². The lowest BCUT2D eigenvalue weighted by molar-refractivity contribution is -0.167. The van der Waals surface area contributed by atoms with Crippen molar-refractivity contribution < 1.29 is 28.6 Å². The SMILES string of the molecule is CCCCC/C=C\C/C=C\CCCCCCCCCCCC(=O)OC[C@H](COC(=O)CCCCCCCCCCCCCC)OC(=O)CCCCCCCCCCCCCCCCC. The van der Waals surface area contributed by atoms with Gasteiger partial charge in [-0.1, -0.05) is 263 Å². The highest BCUT2D eigenvalue weighted by atomic mass is 16.6. The number of carbonyl (C=O) groups excluding carboxylic acids is 3. The Morgan fingerprint density at radius 2 is 0.562 bits per heavy atom. The third kappa shape index (κ3) is 50.9. The first-order chi connectivity index (χ1) is 31.5. The second-order valence-corrected chi connectivity index (χ2v) is 19.2. The minimum atomic E-state index is -0.767. The zero-order valence-corrected chi connectivity index (χ0v) is 43.1. The topological polar surface area (TPSA) is 78.9 Å². The third-order valence-corrected chi connectivity index (χ3v) is 12.7. The highest BCUT2D eigenvalue weighted by molar-refractivity contribution is 5.71. The Hall–Kier alpha value is -2.11. The molecule has 0 bridgehead atoms. The first-order valence-corrected chi connectivity index (χ1v) is 28.3. The second kappa shape index (κ2) is 53.5. The fraction of sp³-hybridized carbons (Fsp3) is 0.879. The summed E-state index contributed by atoms with van der Waals surface area (Å²) >= 11 is 0. The van der Waals surface area contributed by atoms with E-state index >= 15 is 0 Å². The highest BCUT2D eigenvalue weighted by Gasteiger charge is 2.19. The molecule has 0 aromatic rings. The lowest BCUT2D eigenvalue weighted by atomic mass is 10.0. The quantitative estimate of drug-likeness (QED) is 0.0262. The summed E-state index contributed by atoms with van der Waals surface area (Å²) in [5.41, 5.74) is 0. The molecule has 6 heteroatoms. The van der Waals surface area contributed by atoms with Gasteiger partial charge in [-0.2, -0.15) is 0 Å². The average molecular weight is 901 g/mol. The lowest BCUT2D eigenvalue weighted by Crippen LogP contribution is -2.30. The second-order valence-electron chi connectivity index (χ2n) is 19.2. The molecule has 0 saturated carbocycles. The van der Waals surface area contributed by atoms with Crippen molar-refractivity contribution in [3.63, 3.8) is 0 Å². The molecule has 0 aliphatic heterocycles. The molecule has 0 aromatic carbocycles. The van der Waals surface area contributed by atoms with Gasteiger partial charge in [-0.05, 0) is 51.4 Å². The number of hydrogen-bond acceptors (Lipinski definition) is 6. The number of hydrogen-bond donors (Lipinski definition) is 0. The number of esters is 3. The minimum absolute atomic E-state index is 0.0669. The molecule has 0 amide bonds. The molecule has 0 saturated heterocycles. The molecule has 64 heavy (non-hydrogen) atoms. The van der Waals surface area contributed by atoms with Crippen LogP contribution in [0.5, 0.6) is 0 Å². The van der Waals surface area contributed by atoms with Crippen LogP contribution in [0, 0.1) is 0 Å². The van der Waals surface area contributed by atoms with Crippen molar-refractivity contribution in [2.45, 2.75) is 316 Å². The van der Waals surface area contributed by atoms with E-state index in [1.54, 1.807) is 0 Å². The van der Waals surface area contributed by atoms with E-state index in [1.807, 2.05) is 0 Å². The van der Waals surface area contributed by atoms with Crippen molar-refractivity contribution in [2.75, 3.05) is 13.2 Å². The zero-order valence-electron chi connectivity index (χ0n) is 43.1. The largest absolute Gasteiger partial charge is 0.462 e. The van der Waals surface area contributed by atoms with Crippen molar-refractivity contribution in [1.82, 2.24) is 0 Å². The summed E-state index contributed by atoms with van der Waals surface area (Å²) in [6.07, 6.45) is 61.6. The van der Waals surface area contributed by atoms with Crippen molar-refractivity contribution in [3.8, 4) is 0 Å². The van der Waals surface area contributed by atoms with Crippen LogP contribution < -0.4 is 0 Å². The van der Waals surface area contributed by atoms with Crippen molar-refractivity contribution >= 4 is 17.9 Å². The van der Waals surface area contributed by atoms with Gasteiger partial charge in [0.2, 0.25) is 0 Å². The van der Waals surface area contributed by atoms with Crippen LogP contribution in [0.25, 0.3) is 0 Å². The Morgan fingerprint density at radius 3 is 0.891 bits per heavy atom. The summed E-state index contributed by atoms with van der Waals surface area (Å²) in [4.78, 5) is 38.1. The standard InChI is InChI=1S/C58H108O6/c1-4-7-10-13-16-19-22-25-27-28-29-30-32-33-36-39-42-45-48-51-57(60)63-54-55(53-62-56(59)50-47-44-41-38-35-24-21-18-15-12-9-6-3)64-58(61)52-49-46-43-40-37-34-31-26-23-20-17-14-11-8-5-2/h16,19,25,27,55H,4-15,17-18,20-24,26,28-54H2,1-3H3/b19-16-,27-25-/t55-/m0/s1. The molecule has 6 nitrogen and oxygen atoms in total. The van der Waals surface area contributed by atoms with E-state index in [-0.39, 0.29) is 31.1 Å². The van der Waals surface area contributed by atoms with Gasteiger partial charge >= 0.3 is 17.9 Å². The van der Waals surface area contributed by atoms with E-state index in [2.05, 4.69) is 45.1 Å². The van der Waals surface area contributed by atoms with Crippen LogP contribution in [-0.2, 0) is 28.6 Å². The maximum Gasteiger partial charge on any atom is 0.306 e. The fourth-order valence-electron chi connectivity index (χ4n) is 8.42. The van der Waals surface area contributed by atoms with E-state index < -0.39 is 6.10 Å². The summed E-state index contributed by atoms with van der Waals surface area (Å²) in [7, 11) is 0. The smallest absolute Gasteiger partial charge is 0.306 e. The maximum absolute atomic E-state index is 12.8. The van der Waals surface area contributed by atoms with Crippen molar-refractivity contribution in [1.29, 1.82) is 0 Å². The van der Waals surface area contributed by atoms with Crippen LogP contribution in [0.2, 0.25) is 0 Å². The van der Waals surface area contributed by atoms with Crippen LogP contribution >= 0.6 is 0 Å². The summed E-state index contributed by atoms with van der Waals surface area (Å²) in [5, 5.41) is 0. The molecule has 0 aromatic heterocycles. The van der Waals surface area contributed by atoms with Crippen LogP contribution in [0.4, 0.5) is 0 Å². The van der Waals surface area contributed by atoms with Gasteiger partial charge in [0.25, 0.3) is 0 Å². The summed E-state index contributed by atoms with van der Waals surface area (Å²) in [6.45, 7) is 6.65. The van der Waals surface area contributed by atoms with Gasteiger partial charge in [-0.25, -0.2) is 0 Å². The summed E-state index contributed by atoms with van der Waals surface area (Å²) < 4.78 is 16.9. The van der Waals surface area contributed by atoms with Crippen LogP contribution in [0.1, 0.15) is 310 Å². The van der Waals surface area contributed by atoms with Crippen LogP contribution in [0.15, 0.2) is 24.3 Å². The van der Waals surface area contributed by atoms with E-state index in [0.29, 0.717) is 19.3 Å². The Balaban J connectivity index is 4.30. The maximum atomic E-state index is 12.8. The van der Waals surface area contributed by atoms with Crippen LogP contribution in [-0.4, -0.2) is 37.2 Å². The Morgan fingerprint density at radius 1 is 0.312 bits per heavy atom. The number of rotatable bonds is 52. The molecule has 0 N–H and O–H groups in total. The van der Waals surface area contributed by atoms with Gasteiger partial charge < -0.3 is 14.2 Å².